The fourth-order valence-corrected chi connectivity index (χ4v) is 1.06. The van der Waals surface area contributed by atoms with Crippen LogP contribution in [0.5, 0.6) is 0 Å². The standard InChI is InChI=1S/C6H12.CHN/c1-2-4-6-5-3-1;1-2/h1-6H2;1H. The molecule has 1 aliphatic rings. The van der Waals surface area contributed by atoms with Crippen molar-refractivity contribution in [2.45, 2.75) is 38.5 Å². The molecule has 1 aliphatic carbocycles. The second-order valence-electron chi connectivity index (χ2n) is 2.12. The highest BCUT2D eigenvalue weighted by Gasteiger charge is 1.95. The molecule has 46 valence electrons. The van der Waals surface area contributed by atoms with E-state index in [1.807, 2.05) is 0 Å². The highest BCUT2D eigenvalue weighted by atomic mass is 14.2. The van der Waals surface area contributed by atoms with Gasteiger partial charge in [0.25, 0.3) is 0 Å². The van der Waals surface area contributed by atoms with E-state index in [0.717, 1.165) is 0 Å². The Labute approximate surface area is 51.3 Å². The van der Waals surface area contributed by atoms with Gasteiger partial charge in [0.1, 0.15) is 0 Å². The Morgan fingerprint density at radius 3 is 0.875 bits per heavy atom. The highest BCUT2D eigenvalue weighted by Crippen LogP contribution is 2.15. The third-order valence-corrected chi connectivity index (χ3v) is 1.50. The minimum absolute atomic E-state index is 1.50. The van der Waals surface area contributed by atoms with Crippen molar-refractivity contribution in [3.8, 4) is 6.57 Å². The number of rotatable bonds is 0. The van der Waals surface area contributed by atoms with E-state index in [4.69, 9.17) is 5.26 Å². The smallest absolute Gasteiger partial charge is 0.0462 e. The van der Waals surface area contributed by atoms with Gasteiger partial charge in [-0.2, -0.15) is 0 Å². The third kappa shape index (κ3) is 3.67. The molecule has 0 amide bonds. The first-order valence-electron chi connectivity index (χ1n) is 3.26. The lowest BCUT2D eigenvalue weighted by atomic mass is 10.0. The van der Waals surface area contributed by atoms with Crippen LogP contribution in [0.3, 0.4) is 0 Å². The molecule has 1 nitrogen and oxygen atoms in total. The van der Waals surface area contributed by atoms with E-state index in [9.17, 15) is 0 Å². The number of hydrogen-bond donors (Lipinski definition) is 0. The first kappa shape index (κ1) is 7.49. The minimum atomic E-state index is 1.50. The first-order chi connectivity index (χ1) is 4.00. The number of hydrogen-bond acceptors (Lipinski definition) is 1. The van der Waals surface area contributed by atoms with E-state index in [-0.39, 0.29) is 0 Å². The number of nitriles is 1. The molecule has 0 aromatic carbocycles. The van der Waals surface area contributed by atoms with Gasteiger partial charge in [0.2, 0.25) is 0 Å². The van der Waals surface area contributed by atoms with Crippen molar-refractivity contribution in [2.75, 3.05) is 0 Å². The molecule has 0 heterocycles. The molecule has 0 saturated heterocycles. The fourth-order valence-electron chi connectivity index (χ4n) is 1.06. The van der Waals surface area contributed by atoms with Crippen molar-refractivity contribution in [1.82, 2.24) is 0 Å². The van der Waals surface area contributed by atoms with Gasteiger partial charge in [-0.15, -0.1) is 0 Å². The van der Waals surface area contributed by atoms with Crippen molar-refractivity contribution >= 4 is 0 Å². The maximum Gasteiger partial charge on any atom is 0.0462 e. The molecule has 1 saturated carbocycles. The Bertz CT molecular complexity index is 41.1. The lowest BCUT2D eigenvalue weighted by molar-refractivity contribution is 0.504. The lowest BCUT2D eigenvalue weighted by Crippen LogP contribution is -1.85. The minimum Gasteiger partial charge on any atom is -0.202 e. The molecule has 1 fully saturated rings. The monoisotopic (exact) mass is 111 g/mol. The molecule has 0 spiro atoms. The van der Waals surface area contributed by atoms with Gasteiger partial charge in [-0.1, -0.05) is 38.5 Å². The Balaban J connectivity index is 0.000000222. The molecule has 0 N–H and O–H groups in total. The van der Waals surface area contributed by atoms with Crippen molar-refractivity contribution in [3.63, 3.8) is 0 Å². The molecule has 0 atom stereocenters. The predicted molar refractivity (Wildman–Crippen MR) is 34.4 cm³/mol. The van der Waals surface area contributed by atoms with Crippen molar-refractivity contribution < 1.29 is 0 Å². The van der Waals surface area contributed by atoms with Crippen LogP contribution in [0, 0.1) is 11.8 Å². The Hall–Kier alpha value is -0.510. The summed E-state index contributed by atoms with van der Waals surface area (Å²) in [4.78, 5) is 0. The summed E-state index contributed by atoms with van der Waals surface area (Å²) in [5, 5.41) is 6.50. The predicted octanol–water partition coefficient (Wildman–Crippen LogP) is 2.48. The van der Waals surface area contributed by atoms with E-state index in [0.29, 0.717) is 0 Å². The molecule has 0 unspecified atom stereocenters. The van der Waals surface area contributed by atoms with Gasteiger partial charge in [-0.3, -0.25) is 0 Å². The SMILES string of the molecule is C#N.C1CCCCC1. The third-order valence-electron chi connectivity index (χ3n) is 1.50. The van der Waals surface area contributed by atoms with Crippen LogP contribution in [-0.2, 0) is 0 Å². The molecular weight excluding hydrogens is 98.1 g/mol. The second-order valence-corrected chi connectivity index (χ2v) is 2.12. The van der Waals surface area contributed by atoms with Crippen LogP contribution in [0.15, 0.2) is 0 Å². The van der Waals surface area contributed by atoms with Crippen molar-refractivity contribution in [2.24, 2.45) is 0 Å². The first-order valence-corrected chi connectivity index (χ1v) is 3.26. The lowest BCUT2D eigenvalue weighted by Gasteiger charge is -2.05. The van der Waals surface area contributed by atoms with Crippen LogP contribution < -0.4 is 0 Å². The Morgan fingerprint density at radius 2 is 0.750 bits per heavy atom. The van der Waals surface area contributed by atoms with Crippen LogP contribution in [0.1, 0.15) is 38.5 Å². The quantitative estimate of drug-likeness (QED) is 0.471. The highest BCUT2D eigenvalue weighted by molar-refractivity contribution is 4.51. The summed E-state index contributed by atoms with van der Waals surface area (Å²) < 4.78 is 0. The van der Waals surface area contributed by atoms with E-state index in [1.165, 1.54) is 38.5 Å². The maximum atomic E-state index is 6.50. The molecule has 1 rings (SSSR count). The van der Waals surface area contributed by atoms with Gasteiger partial charge in [0.05, 0.1) is 0 Å². The van der Waals surface area contributed by atoms with Gasteiger partial charge in [-0.05, 0) is 0 Å². The molecule has 0 bridgehead atoms. The molecule has 0 aromatic rings. The summed E-state index contributed by atoms with van der Waals surface area (Å²) in [7, 11) is 0. The molecular formula is C7H13N. The van der Waals surface area contributed by atoms with Gasteiger partial charge < -0.3 is 0 Å². The van der Waals surface area contributed by atoms with Gasteiger partial charge in [0, 0.05) is 6.57 Å². The fraction of sp³-hybridized carbons (Fsp3) is 0.857. The molecule has 0 aromatic heterocycles. The van der Waals surface area contributed by atoms with Crippen molar-refractivity contribution in [3.05, 3.63) is 0 Å². The zero-order valence-corrected chi connectivity index (χ0v) is 5.27. The summed E-state index contributed by atoms with van der Waals surface area (Å²) in [5.41, 5.74) is 0. The van der Waals surface area contributed by atoms with Crippen molar-refractivity contribution in [1.29, 1.82) is 5.26 Å². The summed E-state index contributed by atoms with van der Waals surface area (Å²) in [6, 6.07) is 0. The summed E-state index contributed by atoms with van der Waals surface area (Å²) in [6.07, 6.45) is 9.00. The molecule has 0 aliphatic heterocycles. The van der Waals surface area contributed by atoms with E-state index >= 15 is 0 Å². The zero-order chi connectivity index (χ0) is 6.24. The Kier molecular flexibility index (Phi) is 6.08. The zero-order valence-electron chi connectivity index (χ0n) is 5.27. The second kappa shape index (κ2) is 6.49. The summed E-state index contributed by atoms with van der Waals surface area (Å²) >= 11 is 0. The Morgan fingerprint density at radius 1 is 0.625 bits per heavy atom. The normalized spacial score (nSPS) is 18.2. The average Bonchev–Trinajstić information content (AvgIpc) is 1.96. The summed E-state index contributed by atoms with van der Waals surface area (Å²) in [6.45, 7) is 3.50. The van der Waals surface area contributed by atoms with Crippen LogP contribution >= 0.6 is 0 Å². The van der Waals surface area contributed by atoms with Crippen LogP contribution in [0.4, 0.5) is 0 Å². The topological polar surface area (TPSA) is 23.8 Å². The van der Waals surface area contributed by atoms with Crippen LogP contribution in [-0.4, -0.2) is 0 Å². The van der Waals surface area contributed by atoms with E-state index in [2.05, 4.69) is 6.57 Å². The number of nitrogens with zero attached hydrogens (tertiary/aromatic N) is 1. The van der Waals surface area contributed by atoms with Gasteiger partial charge in [-0.25, -0.2) is 5.26 Å². The molecule has 1 heteroatoms. The largest absolute Gasteiger partial charge is 0.202 e. The summed E-state index contributed by atoms with van der Waals surface area (Å²) in [5.74, 6) is 0. The van der Waals surface area contributed by atoms with Crippen LogP contribution in [0.25, 0.3) is 0 Å². The van der Waals surface area contributed by atoms with Gasteiger partial charge in [0.15, 0.2) is 0 Å². The molecule has 8 heavy (non-hydrogen) atoms. The van der Waals surface area contributed by atoms with E-state index in [1.54, 1.807) is 0 Å². The average molecular weight is 111 g/mol. The molecule has 0 radical (unpaired) electrons. The maximum absolute atomic E-state index is 6.50. The van der Waals surface area contributed by atoms with E-state index < -0.39 is 0 Å². The van der Waals surface area contributed by atoms with Crippen LogP contribution in [0.2, 0.25) is 0 Å². The van der Waals surface area contributed by atoms with Gasteiger partial charge >= 0.3 is 0 Å².